The highest BCUT2D eigenvalue weighted by Crippen LogP contribution is 2.31. The van der Waals surface area contributed by atoms with Crippen LogP contribution in [0.5, 0.6) is 11.5 Å². The lowest BCUT2D eigenvalue weighted by atomic mass is 10.1. The third kappa shape index (κ3) is 3.72. The van der Waals surface area contributed by atoms with Crippen LogP contribution in [0.4, 0.5) is 5.13 Å². The molecule has 2 aromatic carbocycles. The number of nitrogens with one attached hydrogen (secondary N) is 1. The lowest BCUT2D eigenvalue weighted by Crippen LogP contribution is -1.90. The number of thiazole rings is 1. The molecule has 2 N–H and O–H groups in total. The quantitative estimate of drug-likeness (QED) is 0.538. The largest absolute Gasteiger partial charge is 0.508 e. The molecule has 1 heterocycles. The number of benzene rings is 2. The van der Waals surface area contributed by atoms with Gasteiger partial charge in [-0.15, -0.1) is 11.3 Å². The summed E-state index contributed by atoms with van der Waals surface area (Å²) < 4.78 is 5.18. The number of aromatic nitrogens is 1. The highest BCUT2D eigenvalue weighted by Gasteiger charge is 2.09. The molecule has 6 heteroatoms. The predicted molar refractivity (Wildman–Crippen MR) is 98.2 cm³/mol. The van der Waals surface area contributed by atoms with E-state index in [2.05, 4.69) is 15.5 Å². The minimum atomic E-state index is 0.236. The van der Waals surface area contributed by atoms with Gasteiger partial charge in [0.05, 0.1) is 19.0 Å². The second-order valence-corrected chi connectivity index (χ2v) is 6.32. The zero-order valence-electron chi connectivity index (χ0n) is 13.4. The molecule has 3 rings (SSSR count). The number of aromatic hydroxyl groups is 1. The summed E-state index contributed by atoms with van der Waals surface area (Å²) in [4.78, 5) is 5.71. The van der Waals surface area contributed by atoms with Gasteiger partial charge in [-0.25, -0.2) is 4.98 Å². The molecule has 0 bridgehead atoms. The van der Waals surface area contributed by atoms with E-state index in [4.69, 9.17) is 4.74 Å². The molecule has 0 aliphatic heterocycles. The predicted octanol–water partition coefficient (Wildman–Crippen LogP) is 4.28. The van der Waals surface area contributed by atoms with Crippen molar-refractivity contribution in [3.05, 3.63) is 59.0 Å². The standard InChI is InChI=1S/C18H17N3O2S/c1-12-17(14-5-9-16(23-2)10-6-14)20-18(24-12)21-19-11-13-3-7-15(22)8-4-13/h3-11,22H,1-2H3,(H,20,21)/b19-11+. The Morgan fingerprint density at radius 1 is 1.12 bits per heavy atom. The van der Waals surface area contributed by atoms with Crippen LogP contribution in [-0.2, 0) is 0 Å². The van der Waals surface area contributed by atoms with Crippen LogP contribution < -0.4 is 10.2 Å². The van der Waals surface area contributed by atoms with E-state index in [1.807, 2.05) is 31.2 Å². The highest BCUT2D eigenvalue weighted by atomic mass is 32.1. The number of rotatable bonds is 5. The van der Waals surface area contributed by atoms with E-state index >= 15 is 0 Å². The Morgan fingerprint density at radius 3 is 2.50 bits per heavy atom. The third-order valence-corrected chi connectivity index (χ3v) is 4.30. The van der Waals surface area contributed by atoms with Crippen LogP contribution in [-0.4, -0.2) is 23.4 Å². The van der Waals surface area contributed by atoms with Crippen molar-refractivity contribution in [1.29, 1.82) is 0 Å². The first kappa shape index (κ1) is 16.0. The number of nitrogens with zero attached hydrogens (tertiary/aromatic N) is 2. The maximum absolute atomic E-state index is 9.26. The molecule has 0 saturated carbocycles. The van der Waals surface area contributed by atoms with E-state index in [0.717, 1.165) is 32.6 Å². The van der Waals surface area contributed by atoms with Crippen LogP contribution in [0, 0.1) is 6.92 Å². The maximum atomic E-state index is 9.26. The zero-order valence-corrected chi connectivity index (χ0v) is 14.2. The maximum Gasteiger partial charge on any atom is 0.204 e. The van der Waals surface area contributed by atoms with E-state index in [-0.39, 0.29) is 5.75 Å². The molecule has 0 aliphatic rings. The third-order valence-electron chi connectivity index (χ3n) is 3.43. The van der Waals surface area contributed by atoms with Gasteiger partial charge in [0.1, 0.15) is 11.5 Å². The summed E-state index contributed by atoms with van der Waals surface area (Å²) in [6, 6.07) is 14.6. The van der Waals surface area contributed by atoms with E-state index in [1.54, 1.807) is 48.9 Å². The summed E-state index contributed by atoms with van der Waals surface area (Å²) >= 11 is 1.55. The molecule has 0 amide bonds. The average Bonchev–Trinajstić information content (AvgIpc) is 2.97. The molecule has 0 saturated heterocycles. The van der Waals surface area contributed by atoms with Gasteiger partial charge in [-0.2, -0.15) is 5.10 Å². The summed E-state index contributed by atoms with van der Waals surface area (Å²) in [5.41, 5.74) is 5.82. The molecule has 0 unspecified atom stereocenters. The minimum absolute atomic E-state index is 0.236. The topological polar surface area (TPSA) is 66.7 Å². The molecular weight excluding hydrogens is 322 g/mol. The second-order valence-electron chi connectivity index (χ2n) is 5.11. The van der Waals surface area contributed by atoms with Crippen molar-refractivity contribution in [2.45, 2.75) is 6.92 Å². The number of phenolic OH excluding ortho intramolecular Hbond substituents is 1. The number of phenols is 1. The van der Waals surface area contributed by atoms with Gasteiger partial charge in [-0.1, -0.05) is 0 Å². The highest BCUT2D eigenvalue weighted by molar-refractivity contribution is 7.15. The van der Waals surface area contributed by atoms with Crippen LogP contribution in [0.25, 0.3) is 11.3 Å². The molecule has 0 atom stereocenters. The van der Waals surface area contributed by atoms with Crippen LogP contribution in [0.15, 0.2) is 53.6 Å². The zero-order chi connectivity index (χ0) is 16.9. The Bertz CT molecular complexity index is 840. The van der Waals surface area contributed by atoms with E-state index in [1.165, 1.54) is 0 Å². The lowest BCUT2D eigenvalue weighted by Gasteiger charge is -2.01. The summed E-state index contributed by atoms with van der Waals surface area (Å²) in [5, 5.41) is 14.2. The van der Waals surface area contributed by atoms with Gasteiger partial charge in [-0.05, 0) is 61.0 Å². The van der Waals surface area contributed by atoms with Crippen molar-refractivity contribution in [2.24, 2.45) is 5.10 Å². The Balaban J connectivity index is 1.72. The number of methoxy groups -OCH3 is 1. The van der Waals surface area contributed by atoms with Crippen molar-refractivity contribution >= 4 is 22.7 Å². The first-order valence-electron chi connectivity index (χ1n) is 7.35. The van der Waals surface area contributed by atoms with Crippen molar-refractivity contribution in [2.75, 3.05) is 12.5 Å². The molecule has 1 aromatic heterocycles. The smallest absolute Gasteiger partial charge is 0.204 e. The second kappa shape index (κ2) is 7.14. The van der Waals surface area contributed by atoms with Crippen LogP contribution in [0.2, 0.25) is 0 Å². The molecule has 24 heavy (non-hydrogen) atoms. The van der Waals surface area contributed by atoms with Crippen molar-refractivity contribution < 1.29 is 9.84 Å². The number of hydrogen-bond acceptors (Lipinski definition) is 6. The summed E-state index contributed by atoms with van der Waals surface area (Å²) in [7, 11) is 1.65. The minimum Gasteiger partial charge on any atom is -0.508 e. The normalized spacial score (nSPS) is 10.9. The van der Waals surface area contributed by atoms with E-state index in [9.17, 15) is 5.11 Å². The molecule has 5 nitrogen and oxygen atoms in total. The van der Waals surface area contributed by atoms with Crippen molar-refractivity contribution in [3.8, 4) is 22.8 Å². The summed E-state index contributed by atoms with van der Waals surface area (Å²) in [5.74, 6) is 1.06. The van der Waals surface area contributed by atoms with Gasteiger partial charge in [0, 0.05) is 10.4 Å². The number of hydrogen-bond donors (Lipinski definition) is 2. The SMILES string of the molecule is COc1ccc(-c2nc(N/N=C/c3ccc(O)cc3)sc2C)cc1. The first-order chi connectivity index (χ1) is 11.7. The Hall–Kier alpha value is -2.86. The molecule has 0 spiro atoms. The Labute approximate surface area is 144 Å². The molecular formula is C18H17N3O2S. The fourth-order valence-corrected chi connectivity index (χ4v) is 2.97. The Morgan fingerprint density at radius 2 is 1.83 bits per heavy atom. The molecule has 0 fully saturated rings. The fraction of sp³-hybridized carbons (Fsp3) is 0.111. The van der Waals surface area contributed by atoms with Gasteiger partial charge < -0.3 is 9.84 Å². The van der Waals surface area contributed by atoms with Gasteiger partial charge in [0.25, 0.3) is 0 Å². The van der Waals surface area contributed by atoms with Crippen LogP contribution in [0.1, 0.15) is 10.4 Å². The molecule has 122 valence electrons. The monoisotopic (exact) mass is 339 g/mol. The first-order valence-corrected chi connectivity index (χ1v) is 8.17. The fourth-order valence-electron chi connectivity index (χ4n) is 2.18. The molecule has 0 aliphatic carbocycles. The average molecular weight is 339 g/mol. The van der Waals surface area contributed by atoms with Gasteiger partial charge in [0.2, 0.25) is 5.13 Å². The van der Waals surface area contributed by atoms with Crippen molar-refractivity contribution in [1.82, 2.24) is 4.98 Å². The summed E-state index contributed by atoms with van der Waals surface area (Å²) in [6.45, 7) is 2.03. The lowest BCUT2D eigenvalue weighted by molar-refractivity contribution is 0.415. The molecule has 0 radical (unpaired) electrons. The molecule has 3 aromatic rings. The van der Waals surface area contributed by atoms with Crippen LogP contribution >= 0.6 is 11.3 Å². The van der Waals surface area contributed by atoms with E-state index in [0.29, 0.717) is 0 Å². The number of hydrazone groups is 1. The number of anilines is 1. The van der Waals surface area contributed by atoms with Gasteiger partial charge >= 0.3 is 0 Å². The van der Waals surface area contributed by atoms with Gasteiger partial charge in [-0.3, -0.25) is 5.43 Å². The van der Waals surface area contributed by atoms with Crippen molar-refractivity contribution in [3.63, 3.8) is 0 Å². The Kier molecular flexibility index (Phi) is 4.77. The van der Waals surface area contributed by atoms with Gasteiger partial charge in [0.15, 0.2) is 0 Å². The number of ether oxygens (including phenoxy) is 1. The van der Waals surface area contributed by atoms with E-state index < -0.39 is 0 Å². The number of aryl methyl sites for hydroxylation is 1. The van der Waals surface area contributed by atoms with Crippen LogP contribution in [0.3, 0.4) is 0 Å². The summed E-state index contributed by atoms with van der Waals surface area (Å²) in [6.07, 6.45) is 1.68.